The Balaban J connectivity index is 1.77. The van der Waals surface area contributed by atoms with Gasteiger partial charge in [0.1, 0.15) is 0 Å². The minimum atomic E-state index is -0.854. The lowest BCUT2D eigenvalue weighted by atomic mass is 9.92. The number of rotatable bonds is 3. The van der Waals surface area contributed by atoms with Crippen molar-refractivity contribution in [2.24, 2.45) is 0 Å². The van der Waals surface area contributed by atoms with Crippen LogP contribution >= 0.6 is 27.7 Å². The molecule has 2 aliphatic rings. The molecule has 1 unspecified atom stereocenters. The van der Waals surface area contributed by atoms with Crippen molar-refractivity contribution in [2.75, 3.05) is 6.61 Å². The molecular formula is C16H19BrO3S. The van der Waals surface area contributed by atoms with Gasteiger partial charge in [0.05, 0.1) is 11.2 Å². The first-order chi connectivity index (χ1) is 10.1. The number of thioether (sulfide) groups is 1. The van der Waals surface area contributed by atoms with Crippen molar-refractivity contribution < 1.29 is 14.6 Å². The zero-order valence-electron chi connectivity index (χ0n) is 11.8. The lowest BCUT2D eigenvalue weighted by molar-refractivity contribution is -0.0704. The average Bonchev–Trinajstić information content (AvgIpc) is 2.86. The lowest BCUT2D eigenvalue weighted by Crippen LogP contribution is -2.38. The van der Waals surface area contributed by atoms with Crippen LogP contribution in [0.3, 0.4) is 0 Å². The van der Waals surface area contributed by atoms with E-state index in [-0.39, 0.29) is 5.60 Å². The molecule has 1 aliphatic heterocycles. The molecule has 114 valence electrons. The standard InChI is InChI=1S/C16H19BrO3S/c17-11-3-4-13(15(18)19)14(9-11)21-12-5-8-20-16(10-12)6-1-2-7-16/h3-4,9,12H,1-2,5-8,10H2,(H,18,19). The Morgan fingerprint density at radius 3 is 2.86 bits per heavy atom. The van der Waals surface area contributed by atoms with Crippen molar-refractivity contribution in [3.8, 4) is 0 Å². The van der Waals surface area contributed by atoms with E-state index in [2.05, 4.69) is 15.9 Å². The van der Waals surface area contributed by atoms with Crippen LogP contribution in [0.4, 0.5) is 0 Å². The molecule has 1 heterocycles. The van der Waals surface area contributed by atoms with Crippen molar-refractivity contribution in [3.05, 3.63) is 28.2 Å². The Morgan fingerprint density at radius 1 is 1.38 bits per heavy atom. The Hall–Kier alpha value is -0.520. The molecule has 0 bridgehead atoms. The number of ether oxygens (including phenoxy) is 1. The monoisotopic (exact) mass is 370 g/mol. The van der Waals surface area contributed by atoms with E-state index >= 15 is 0 Å². The summed E-state index contributed by atoms with van der Waals surface area (Å²) in [4.78, 5) is 12.2. The molecule has 5 heteroatoms. The normalized spacial score (nSPS) is 24.3. The molecule has 1 N–H and O–H groups in total. The number of halogens is 1. The van der Waals surface area contributed by atoms with Crippen LogP contribution in [0.5, 0.6) is 0 Å². The highest BCUT2D eigenvalue weighted by Crippen LogP contribution is 2.45. The van der Waals surface area contributed by atoms with Crippen molar-refractivity contribution in [3.63, 3.8) is 0 Å². The maximum Gasteiger partial charge on any atom is 0.336 e. The van der Waals surface area contributed by atoms with E-state index in [0.29, 0.717) is 10.8 Å². The topological polar surface area (TPSA) is 46.5 Å². The van der Waals surface area contributed by atoms with Gasteiger partial charge in [0.15, 0.2) is 0 Å². The molecule has 1 spiro atoms. The average molecular weight is 371 g/mol. The molecular weight excluding hydrogens is 352 g/mol. The number of benzene rings is 1. The molecule has 0 amide bonds. The van der Waals surface area contributed by atoms with Crippen LogP contribution in [0.1, 0.15) is 48.9 Å². The van der Waals surface area contributed by atoms with Crippen LogP contribution < -0.4 is 0 Å². The van der Waals surface area contributed by atoms with Crippen LogP contribution in [0, 0.1) is 0 Å². The van der Waals surface area contributed by atoms with Gasteiger partial charge in [-0.3, -0.25) is 0 Å². The van der Waals surface area contributed by atoms with Crippen molar-refractivity contribution in [1.82, 2.24) is 0 Å². The number of carboxylic acid groups (broad SMARTS) is 1. The summed E-state index contributed by atoms with van der Waals surface area (Å²) in [6, 6.07) is 5.39. The fourth-order valence-electron chi connectivity index (χ4n) is 3.40. The minimum absolute atomic E-state index is 0.0747. The highest BCUT2D eigenvalue weighted by Gasteiger charge is 2.40. The third-order valence-electron chi connectivity index (χ3n) is 4.43. The SMILES string of the molecule is O=C(O)c1ccc(Br)cc1SC1CCOC2(CCCC2)C1. The highest BCUT2D eigenvalue weighted by molar-refractivity contribution is 9.10. The Kier molecular flexibility index (Phi) is 4.62. The second-order valence-corrected chi connectivity index (χ2v) is 8.17. The van der Waals surface area contributed by atoms with Gasteiger partial charge >= 0.3 is 5.97 Å². The van der Waals surface area contributed by atoms with Gasteiger partial charge in [-0.25, -0.2) is 4.79 Å². The Labute approximate surface area is 137 Å². The molecule has 2 fully saturated rings. The predicted octanol–water partition coefficient (Wildman–Crippen LogP) is 4.73. The van der Waals surface area contributed by atoms with Crippen molar-refractivity contribution >= 4 is 33.7 Å². The molecule has 1 aromatic rings. The molecule has 1 aromatic carbocycles. The smallest absolute Gasteiger partial charge is 0.336 e. The quantitative estimate of drug-likeness (QED) is 0.834. The summed E-state index contributed by atoms with van der Waals surface area (Å²) >= 11 is 5.14. The van der Waals surface area contributed by atoms with Gasteiger partial charge in [0.25, 0.3) is 0 Å². The number of carboxylic acids is 1. The van der Waals surface area contributed by atoms with Crippen LogP contribution in [-0.2, 0) is 4.74 Å². The lowest BCUT2D eigenvalue weighted by Gasteiger charge is -2.38. The maximum absolute atomic E-state index is 11.4. The largest absolute Gasteiger partial charge is 0.478 e. The van der Waals surface area contributed by atoms with Crippen LogP contribution in [0.25, 0.3) is 0 Å². The third-order valence-corrected chi connectivity index (χ3v) is 6.25. The first kappa shape index (κ1) is 15.4. The molecule has 0 aromatic heterocycles. The predicted molar refractivity (Wildman–Crippen MR) is 87.1 cm³/mol. The van der Waals surface area contributed by atoms with Crippen molar-refractivity contribution in [2.45, 2.75) is 54.3 Å². The second kappa shape index (κ2) is 6.31. The summed E-state index contributed by atoms with van der Waals surface area (Å²) in [6.45, 7) is 0.800. The van der Waals surface area contributed by atoms with E-state index in [4.69, 9.17) is 4.74 Å². The van der Waals surface area contributed by atoms with Crippen LogP contribution in [0.15, 0.2) is 27.6 Å². The number of aromatic carboxylic acids is 1. The molecule has 21 heavy (non-hydrogen) atoms. The van der Waals surface area contributed by atoms with Gasteiger partial charge in [0, 0.05) is 21.2 Å². The van der Waals surface area contributed by atoms with E-state index in [1.165, 1.54) is 12.8 Å². The van der Waals surface area contributed by atoms with E-state index in [0.717, 1.165) is 41.7 Å². The highest BCUT2D eigenvalue weighted by atomic mass is 79.9. The molecule has 3 nitrogen and oxygen atoms in total. The number of hydrogen-bond donors (Lipinski definition) is 1. The van der Waals surface area contributed by atoms with E-state index in [1.807, 2.05) is 6.07 Å². The fraction of sp³-hybridized carbons (Fsp3) is 0.562. The van der Waals surface area contributed by atoms with Gasteiger partial charge in [-0.05, 0) is 43.9 Å². The second-order valence-electron chi connectivity index (χ2n) is 5.92. The fourth-order valence-corrected chi connectivity index (χ4v) is 5.35. The number of carbonyl (C=O) groups is 1. The molecule has 1 atom stereocenters. The maximum atomic E-state index is 11.4. The van der Waals surface area contributed by atoms with Gasteiger partial charge in [-0.15, -0.1) is 11.8 Å². The minimum Gasteiger partial charge on any atom is -0.478 e. The first-order valence-electron chi connectivity index (χ1n) is 7.41. The van der Waals surface area contributed by atoms with Crippen LogP contribution in [0.2, 0.25) is 0 Å². The van der Waals surface area contributed by atoms with Gasteiger partial charge in [-0.1, -0.05) is 28.8 Å². The number of hydrogen-bond acceptors (Lipinski definition) is 3. The summed E-state index contributed by atoms with van der Waals surface area (Å²) in [7, 11) is 0. The van der Waals surface area contributed by atoms with Gasteiger partial charge in [-0.2, -0.15) is 0 Å². The van der Waals surface area contributed by atoms with Crippen molar-refractivity contribution in [1.29, 1.82) is 0 Å². The van der Waals surface area contributed by atoms with E-state index in [1.54, 1.807) is 23.9 Å². The molecule has 1 saturated carbocycles. The Bertz CT molecular complexity index is 540. The molecule has 0 radical (unpaired) electrons. The van der Waals surface area contributed by atoms with E-state index < -0.39 is 5.97 Å². The third kappa shape index (κ3) is 3.46. The summed E-state index contributed by atoms with van der Waals surface area (Å²) in [5, 5.41) is 9.79. The molecule has 1 aliphatic carbocycles. The zero-order valence-corrected chi connectivity index (χ0v) is 14.2. The van der Waals surface area contributed by atoms with Gasteiger partial charge in [0.2, 0.25) is 0 Å². The summed E-state index contributed by atoms with van der Waals surface area (Å²) in [5.74, 6) is -0.854. The Morgan fingerprint density at radius 2 is 2.14 bits per heavy atom. The first-order valence-corrected chi connectivity index (χ1v) is 9.09. The summed E-state index contributed by atoms with van der Waals surface area (Å²) in [5.41, 5.74) is 0.473. The summed E-state index contributed by atoms with van der Waals surface area (Å²) < 4.78 is 6.99. The van der Waals surface area contributed by atoms with Gasteiger partial charge < -0.3 is 9.84 Å². The zero-order chi connectivity index (χ0) is 14.9. The summed E-state index contributed by atoms with van der Waals surface area (Å²) in [6.07, 6.45) is 6.88. The van der Waals surface area contributed by atoms with Crippen LogP contribution in [-0.4, -0.2) is 28.5 Å². The molecule has 3 rings (SSSR count). The van der Waals surface area contributed by atoms with E-state index in [9.17, 15) is 9.90 Å². The molecule has 1 saturated heterocycles.